The minimum Gasteiger partial charge on any atom is -0.444 e. The van der Waals surface area contributed by atoms with Crippen LogP contribution < -0.4 is 10.6 Å². The highest BCUT2D eigenvalue weighted by Gasteiger charge is 2.34. The lowest BCUT2D eigenvalue weighted by Gasteiger charge is -2.22. The fourth-order valence-electron chi connectivity index (χ4n) is 4.19. The maximum atomic E-state index is 13.5. The molecule has 0 unspecified atom stereocenters. The molecule has 0 radical (unpaired) electrons. The number of carbonyl (C=O) groups excluding carboxylic acids is 4. The third kappa shape index (κ3) is 5.15. The lowest BCUT2D eigenvalue weighted by molar-refractivity contribution is 0.0980. The van der Waals surface area contributed by atoms with Gasteiger partial charge in [0.2, 0.25) is 0 Å². The van der Waals surface area contributed by atoms with Crippen molar-refractivity contribution >= 4 is 35.1 Å². The highest BCUT2D eigenvalue weighted by Crippen LogP contribution is 2.35. The van der Waals surface area contributed by atoms with Gasteiger partial charge in [-0.2, -0.15) is 0 Å². The van der Waals surface area contributed by atoms with Gasteiger partial charge in [-0.15, -0.1) is 0 Å². The third-order valence-corrected chi connectivity index (χ3v) is 5.97. The molecule has 0 saturated carbocycles. The molecule has 8 nitrogen and oxygen atoms in total. The standard InChI is InChI=1S/C30H22N2O6/c33-27-22-14-8-16-24(32-30(36)38-18-20-11-5-2-6-12-20)26(22)28(34)21-13-7-15-23(25(21)27)31-29(35)37-17-19-9-3-1-4-10-19/h1-16H,17-18H2,(H,31,35)(H,32,36). The molecule has 0 heterocycles. The van der Waals surface area contributed by atoms with Gasteiger partial charge >= 0.3 is 12.2 Å². The summed E-state index contributed by atoms with van der Waals surface area (Å²) in [5, 5.41) is 5.15. The minimum atomic E-state index is -0.759. The van der Waals surface area contributed by atoms with Gasteiger partial charge < -0.3 is 9.47 Å². The topological polar surface area (TPSA) is 111 Å². The van der Waals surface area contributed by atoms with Crippen LogP contribution in [0.25, 0.3) is 0 Å². The first-order valence-electron chi connectivity index (χ1n) is 11.8. The van der Waals surface area contributed by atoms with E-state index in [4.69, 9.17) is 9.47 Å². The van der Waals surface area contributed by atoms with Crippen LogP contribution in [0.1, 0.15) is 43.0 Å². The number of benzene rings is 4. The second-order valence-corrected chi connectivity index (χ2v) is 8.49. The van der Waals surface area contributed by atoms with Crippen LogP contribution >= 0.6 is 0 Å². The summed E-state index contributed by atoms with van der Waals surface area (Å²) in [6.45, 7) is 0.0968. The largest absolute Gasteiger partial charge is 0.444 e. The molecule has 5 rings (SSSR count). The molecule has 0 saturated heterocycles. The van der Waals surface area contributed by atoms with Crippen molar-refractivity contribution in [1.82, 2.24) is 0 Å². The van der Waals surface area contributed by atoms with E-state index in [1.165, 1.54) is 24.3 Å². The summed E-state index contributed by atoms with van der Waals surface area (Å²) in [4.78, 5) is 51.9. The van der Waals surface area contributed by atoms with Gasteiger partial charge in [-0.1, -0.05) is 84.9 Å². The highest BCUT2D eigenvalue weighted by atomic mass is 16.6. The fraction of sp³-hybridized carbons (Fsp3) is 0.0667. The van der Waals surface area contributed by atoms with Crippen molar-refractivity contribution < 1.29 is 28.7 Å². The average Bonchev–Trinajstić information content (AvgIpc) is 2.95. The maximum Gasteiger partial charge on any atom is 0.411 e. The lowest BCUT2D eigenvalue weighted by Crippen LogP contribution is -2.26. The second kappa shape index (κ2) is 10.8. The van der Waals surface area contributed by atoms with Crippen LogP contribution in [0, 0.1) is 0 Å². The normalized spacial score (nSPS) is 11.7. The van der Waals surface area contributed by atoms with Gasteiger partial charge in [0.25, 0.3) is 0 Å². The van der Waals surface area contributed by atoms with Crippen molar-refractivity contribution in [3.05, 3.63) is 130 Å². The van der Waals surface area contributed by atoms with Gasteiger partial charge in [0.05, 0.1) is 22.5 Å². The number of ketones is 2. The van der Waals surface area contributed by atoms with E-state index in [0.29, 0.717) is 0 Å². The summed E-state index contributed by atoms with van der Waals surface area (Å²) in [5.74, 6) is -0.926. The monoisotopic (exact) mass is 506 g/mol. The van der Waals surface area contributed by atoms with E-state index in [2.05, 4.69) is 10.6 Å². The van der Waals surface area contributed by atoms with Crippen molar-refractivity contribution in [1.29, 1.82) is 0 Å². The molecule has 0 aromatic heterocycles. The number of carbonyl (C=O) groups is 4. The van der Waals surface area contributed by atoms with E-state index in [1.54, 1.807) is 12.1 Å². The Morgan fingerprint density at radius 1 is 0.526 bits per heavy atom. The SMILES string of the molecule is O=C(Nc1cccc2c1C(=O)c1cccc(NC(=O)OCc3ccccc3)c1C2=O)OCc1ccccc1. The van der Waals surface area contributed by atoms with Crippen LogP contribution in [0.4, 0.5) is 21.0 Å². The number of anilines is 2. The number of rotatable bonds is 6. The van der Waals surface area contributed by atoms with Crippen LogP contribution in [0.15, 0.2) is 97.1 Å². The Morgan fingerprint density at radius 3 is 1.32 bits per heavy atom. The Hall–Kier alpha value is -5.24. The van der Waals surface area contributed by atoms with Crippen LogP contribution in [0.3, 0.4) is 0 Å². The summed E-state index contributed by atoms with van der Waals surface area (Å²) in [5.41, 5.74) is 2.26. The van der Waals surface area contributed by atoms with E-state index >= 15 is 0 Å². The van der Waals surface area contributed by atoms with Crippen molar-refractivity contribution in [3.63, 3.8) is 0 Å². The average molecular weight is 507 g/mol. The Bertz CT molecular complexity index is 1420. The van der Waals surface area contributed by atoms with Crippen LogP contribution in [0.5, 0.6) is 0 Å². The van der Waals surface area contributed by atoms with Crippen LogP contribution in [-0.2, 0) is 22.7 Å². The minimum absolute atomic E-state index is 0.0484. The molecule has 2 amide bonds. The molecule has 0 spiro atoms. The fourth-order valence-corrected chi connectivity index (χ4v) is 4.19. The van der Waals surface area contributed by atoms with E-state index < -0.39 is 23.8 Å². The number of nitrogens with one attached hydrogen (secondary N) is 2. The molecular formula is C30H22N2O6. The molecule has 188 valence electrons. The predicted molar refractivity (Wildman–Crippen MR) is 140 cm³/mol. The second-order valence-electron chi connectivity index (χ2n) is 8.49. The third-order valence-electron chi connectivity index (χ3n) is 5.97. The molecule has 1 aliphatic carbocycles. The molecule has 38 heavy (non-hydrogen) atoms. The van der Waals surface area contributed by atoms with Gasteiger partial charge in [-0.25, -0.2) is 9.59 Å². The number of hydrogen-bond acceptors (Lipinski definition) is 6. The van der Waals surface area contributed by atoms with Gasteiger partial charge in [-0.05, 0) is 23.3 Å². The van der Waals surface area contributed by atoms with Gasteiger partial charge in [0.1, 0.15) is 13.2 Å². The molecule has 4 aromatic rings. The molecule has 8 heteroatoms. The van der Waals surface area contributed by atoms with Crippen molar-refractivity contribution in [2.75, 3.05) is 10.6 Å². The first-order valence-corrected chi connectivity index (χ1v) is 11.8. The Kier molecular flexibility index (Phi) is 6.95. The number of hydrogen-bond donors (Lipinski definition) is 2. The van der Waals surface area contributed by atoms with Gasteiger partial charge in [-0.3, -0.25) is 20.2 Å². The van der Waals surface area contributed by atoms with E-state index in [-0.39, 0.29) is 46.8 Å². The zero-order valence-corrected chi connectivity index (χ0v) is 20.1. The molecule has 0 atom stereocenters. The molecule has 2 N–H and O–H groups in total. The molecule has 0 aliphatic heterocycles. The summed E-state index contributed by atoms with van der Waals surface area (Å²) < 4.78 is 10.5. The predicted octanol–water partition coefficient (Wildman–Crippen LogP) is 5.96. The zero-order chi connectivity index (χ0) is 26.5. The molecule has 0 fully saturated rings. The Morgan fingerprint density at radius 2 is 0.921 bits per heavy atom. The van der Waals surface area contributed by atoms with Gasteiger partial charge in [0, 0.05) is 11.1 Å². The zero-order valence-electron chi connectivity index (χ0n) is 20.1. The number of ether oxygens (including phenoxy) is 2. The molecular weight excluding hydrogens is 484 g/mol. The van der Waals surface area contributed by atoms with Crippen LogP contribution in [-0.4, -0.2) is 23.8 Å². The number of amides is 2. The first-order chi connectivity index (χ1) is 18.5. The maximum absolute atomic E-state index is 13.5. The van der Waals surface area contributed by atoms with E-state index in [0.717, 1.165) is 11.1 Å². The summed E-state index contributed by atoms with van der Waals surface area (Å²) >= 11 is 0. The lowest BCUT2D eigenvalue weighted by atomic mass is 9.82. The Labute approximate surface area is 218 Å². The highest BCUT2D eigenvalue weighted by molar-refractivity contribution is 6.32. The van der Waals surface area contributed by atoms with E-state index in [9.17, 15) is 19.2 Å². The summed E-state index contributed by atoms with van der Waals surface area (Å²) in [6, 6.07) is 27.5. The first kappa shape index (κ1) is 24.5. The molecule has 1 aliphatic rings. The van der Waals surface area contributed by atoms with Crippen molar-refractivity contribution in [3.8, 4) is 0 Å². The Balaban J connectivity index is 1.34. The van der Waals surface area contributed by atoms with E-state index in [1.807, 2.05) is 60.7 Å². The van der Waals surface area contributed by atoms with Crippen LogP contribution in [0.2, 0.25) is 0 Å². The molecule has 4 aromatic carbocycles. The van der Waals surface area contributed by atoms with Crippen molar-refractivity contribution in [2.45, 2.75) is 13.2 Å². The van der Waals surface area contributed by atoms with Crippen molar-refractivity contribution in [2.24, 2.45) is 0 Å². The molecule has 0 bridgehead atoms. The summed E-state index contributed by atoms with van der Waals surface area (Å²) in [6.07, 6.45) is -1.52. The summed E-state index contributed by atoms with van der Waals surface area (Å²) in [7, 11) is 0. The number of fused-ring (bicyclic) bond motifs is 2. The smallest absolute Gasteiger partial charge is 0.411 e. The quantitative estimate of drug-likeness (QED) is 0.294. The van der Waals surface area contributed by atoms with Gasteiger partial charge in [0.15, 0.2) is 11.6 Å².